The molecule has 0 unspecified atom stereocenters. The average Bonchev–Trinajstić information content (AvgIpc) is 2.96. The highest BCUT2D eigenvalue weighted by molar-refractivity contribution is 5.76. The summed E-state index contributed by atoms with van der Waals surface area (Å²) >= 11 is 0. The predicted octanol–water partition coefficient (Wildman–Crippen LogP) is 1.59. The highest BCUT2D eigenvalue weighted by atomic mass is 19.1. The van der Waals surface area contributed by atoms with E-state index in [-0.39, 0.29) is 24.1 Å². The molecule has 0 atom stereocenters. The van der Waals surface area contributed by atoms with E-state index in [4.69, 9.17) is 0 Å². The van der Waals surface area contributed by atoms with Gasteiger partial charge in [-0.05, 0) is 22.0 Å². The number of imidazole rings is 1. The van der Waals surface area contributed by atoms with Gasteiger partial charge in [0.25, 0.3) is 0 Å². The minimum atomic E-state index is -0.582. The third kappa shape index (κ3) is 3.59. The van der Waals surface area contributed by atoms with Gasteiger partial charge in [-0.3, -0.25) is 9.36 Å². The third-order valence-electron chi connectivity index (χ3n) is 4.28. The molecule has 0 N–H and O–H groups in total. The summed E-state index contributed by atoms with van der Waals surface area (Å²) in [6.45, 7) is 3.65. The SMILES string of the molecule is Cc1nc([N+](=O)[O-])cn1CC(=O)N1CCN(c2ccccc2F)CC1. The number of hydrogen-bond acceptors (Lipinski definition) is 5. The van der Waals surface area contributed by atoms with E-state index in [0.29, 0.717) is 37.7 Å². The molecule has 0 saturated carbocycles. The quantitative estimate of drug-likeness (QED) is 0.619. The maximum Gasteiger partial charge on any atom is 0.381 e. The standard InChI is InChI=1S/C16H18FN5O3/c1-12-18-15(22(24)25)10-21(12)11-16(23)20-8-6-19(7-9-20)14-5-3-2-4-13(14)17/h2-5,10H,6-9,11H2,1H3. The summed E-state index contributed by atoms with van der Waals surface area (Å²) in [5, 5.41) is 10.8. The van der Waals surface area contributed by atoms with Crippen molar-refractivity contribution in [1.29, 1.82) is 0 Å². The van der Waals surface area contributed by atoms with Gasteiger partial charge in [-0.2, -0.15) is 0 Å². The van der Waals surface area contributed by atoms with E-state index < -0.39 is 4.92 Å². The number of rotatable bonds is 4. The fourth-order valence-electron chi connectivity index (χ4n) is 2.89. The number of nitro groups is 1. The summed E-state index contributed by atoms with van der Waals surface area (Å²) < 4.78 is 15.3. The van der Waals surface area contributed by atoms with Crippen LogP contribution in [0.4, 0.5) is 15.9 Å². The van der Waals surface area contributed by atoms with Crippen LogP contribution in [0.1, 0.15) is 5.82 Å². The van der Waals surface area contributed by atoms with Crippen molar-refractivity contribution in [3.05, 3.63) is 52.2 Å². The van der Waals surface area contributed by atoms with Crippen molar-refractivity contribution in [2.75, 3.05) is 31.1 Å². The molecule has 132 valence electrons. The predicted molar refractivity (Wildman–Crippen MR) is 88.8 cm³/mol. The van der Waals surface area contributed by atoms with Crippen LogP contribution in [-0.2, 0) is 11.3 Å². The van der Waals surface area contributed by atoms with Crippen molar-refractivity contribution in [3.8, 4) is 0 Å². The third-order valence-corrected chi connectivity index (χ3v) is 4.28. The van der Waals surface area contributed by atoms with E-state index in [9.17, 15) is 19.3 Å². The Kier molecular flexibility index (Phi) is 4.64. The summed E-state index contributed by atoms with van der Waals surface area (Å²) in [6, 6.07) is 6.57. The molecule has 25 heavy (non-hydrogen) atoms. The van der Waals surface area contributed by atoms with Gasteiger partial charge in [-0.25, -0.2) is 4.39 Å². The Hall–Kier alpha value is -2.97. The van der Waals surface area contributed by atoms with E-state index in [1.54, 1.807) is 30.0 Å². The molecular formula is C16H18FN5O3. The molecule has 1 fully saturated rings. The van der Waals surface area contributed by atoms with E-state index in [0.717, 1.165) is 0 Å². The van der Waals surface area contributed by atoms with Gasteiger partial charge in [-0.15, -0.1) is 0 Å². The van der Waals surface area contributed by atoms with Gasteiger partial charge in [0.1, 0.15) is 18.6 Å². The zero-order valence-electron chi connectivity index (χ0n) is 13.8. The molecular weight excluding hydrogens is 329 g/mol. The zero-order chi connectivity index (χ0) is 18.0. The molecule has 0 radical (unpaired) electrons. The van der Waals surface area contributed by atoms with Crippen molar-refractivity contribution >= 4 is 17.4 Å². The number of carbonyl (C=O) groups is 1. The van der Waals surface area contributed by atoms with Gasteiger partial charge in [0, 0.05) is 33.1 Å². The molecule has 1 saturated heterocycles. The number of piperazine rings is 1. The number of aromatic nitrogens is 2. The van der Waals surface area contributed by atoms with Gasteiger partial charge in [0.2, 0.25) is 11.7 Å². The zero-order valence-corrected chi connectivity index (χ0v) is 13.8. The number of nitrogens with zero attached hydrogens (tertiary/aromatic N) is 5. The highest BCUT2D eigenvalue weighted by Gasteiger charge is 2.24. The number of hydrogen-bond donors (Lipinski definition) is 0. The Balaban J connectivity index is 1.60. The normalized spacial score (nSPS) is 14.6. The summed E-state index contributed by atoms with van der Waals surface area (Å²) in [4.78, 5) is 30.0. The van der Waals surface area contributed by atoms with E-state index in [1.807, 2.05) is 4.90 Å². The van der Waals surface area contributed by atoms with Gasteiger partial charge < -0.3 is 19.9 Å². The Morgan fingerprint density at radius 1 is 1.28 bits per heavy atom. The number of amides is 1. The molecule has 2 aromatic rings. The molecule has 1 aliphatic rings. The monoisotopic (exact) mass is 347 g/mol. The lowest BCUT2D eigenvalue weighted by Gasteiger charge is -2.36. The average molecular weight is 347 g/mol. The van der Waals surface area contributed by atoms with Crippen LogP contribution >= 0.6 is 0 Å². The Bertz CT molecular complexity index is 799. The lowest BCUT2D eigenvalue weighted by Crippen LogP contribution is -2.49. The lowest BCUT2D eigenvalue weighted by atomic mass is 10.2. The highest BCUT2D eigenvalue weighted by Crippen LogP contribution is 2.20. The molecule has 0 bridgehead atoms. The minimum Gasteiger partial charge on any atom is -0.366 e. The van der Waals surface area contributed by atoms with Gasteiger partial charge in [-0.1, -0.05) is 12.1 Å². The van der Waals surface area contributed by atoms with E-state index in [2.05, 4.69) is 4.98 Å². The molecule has 8 nitrogen and oxygen atoms in total. The summed E-state index contributed by atoms with van der Waals surface area (Å²) in [6.07, 6.45) is 1.27. The second-order valence-electron chi connectivity index (χ2n) is 5.85. The fourth-order valence-corrected chi connectivity index (χ4v) is 2.89. The first-order valence-electron chi connectivity index (χ1n) is 7.91. The summed E-state index contributed by atoms with van der Waals surface area (Å²) in [5.74, 6) is -0.257. The Morgan fingerprint density at radius 3 is 2.56 bits per heavy atom. The number of benzene rings is 1. The Labute approximate surface area is 143 Å². The maximum atomic E-state index is 13.8. The molecule has 1 aromatic carbocycles. The molecule has 1 aliphatic heterocycles. The first kappa shape index (κ1) is 16.9. The topological polar surface area (TPSA) is 84.5 Å². The van der Waals surface area contributed by atoms with Gasteiger partial charge in [0.05, 0.1) is 5.69 Å². The van der Waals surface area contributed by atoms with E-state index in [1.165, 1.54) is 16.8 Å². The molecule has 1 aromatic heterocycles. The first-order valence-corrected chi connectivity index (χ1v) is 7.91. The van der Waals surface area contributed by atoms with E-state index >= 15 is 0 Å². The number of halogens is 1. The lowest BCUT2D eigenvalue weighted by molar-refractivity contribution is -0.389. The van der Waals surface area contributed by atoms with Crippen LogP contribution in [-0.4, -0.2) is 51.5 Å². The second kappa shape index (κ2) is 6.88. The van der Waals surface area contributed by atoms with Crippen LogP contribution in [0.3, 0.4) is 0 Å². The summed E-state index contributed by atoms with van der Waals surface area (Å²) in [5.41, 5.74) is 0.538. The Morgan fingerprint density at radius 2 is 1.96 bits per heavy atom. The molecule has 1 amide bonds. The first-order chi connectivity index (χ1) is 12.0. The van der Waals surface area contributed by atoms with Crippen molar-refractivity contribution in [2.24, 2.45) is 0 Å². The van der Waals surface area contributed by atoms with Gasteiger partial charge in [0.15, 0.2) is 0 Å². The van der Waals surface area contributed by atoms with Crippen molar-refractivity contribution < 1.29 is 14.1 Å². The van der Waals surface area contributed by atoms with Crippen LogP contribution in [0.2, 0.25) is 0 Å². The smallest absolute Gasteiger partial charge is 0.366 e. The van der Waals surface area contributed by atoms with Crippen molar-refractivity contribution in [2.45, 2.75) is 13.5 Å². The summed E-state index contributed by atoms with van der Waals surface area (Å²) in [7, 11) is 0. The second-order valence-corrected chi connectivity index (χ2v) is 5.85. The number of carbonyl (C=O) groups excluding carboxylic acids is 1. The minimum absolute atomic E-state index is 0.00632. The van der Waals surface area contributed by atoms with Gasteiger partial charge >= 0.3 is 5.82 Å². The van der Waals surface area contributed by atoms with Crippen molar-refractivity contribution in [3.63, 3.8) is 0 Å². The van der Waals surface area contributed by atoms with Crippen LogP contribution < -0.4 is 4.90 Å². The molecule has 2 heterocycles. The van der Waals surface area contributed by atoms with Crippen LogP contribution in [0, 0.1) is 22.9 Å². The van der Waals surface area contributed by atoms with Crippen LogP contribution in [0.25, 0.3) is 0 Å². The van der Waals surface area contributed by atoms with Crippen LogP contribution in [0.5, 0.6) is 0 Å². The molecule has 0 spiro atoms. The molecule has 3 rings (SSSR count). The number of aryl methyl sites for hydroxylation is 1. The molecule has 0 aliphatic carbocycles. The van der Waals surface area contributed by atoms with Crippen molar-refractivity contribution in [1.82, 2.24) is 14.5 Å². The fraction of sp³-hybridized carbons (Fsp3) is 0.375. The van der Waals surface area contributed by atoms with Crippen LogP contribution in [0.15, 0.2) is 30.5 Å². The maximum absolute atomic E-state index is 13.8. The largest absolute Gasteiger partial charge is 0.381 e. The molecule has 9 heteroatoms. The number of para-hydroxylation sites is 1. The number of anilines is 1.